The third-order valence-corrected chi connectivity index (χ3v) is 6.63. The van der Waals surface area contributed by atoms with Gasteiger partial charge in [0.25, 0.3) is 0 Å². The molecule has 0 aliphatic carbocycles. The largest absolute Gasteiger partial charge is 0.348 e. The van der Waals surface area contributed by atoms with Crippen molar-refractivity contribution in [1.82, 2.24) is 24.3 Å². The minimum absolute atomic E-state index is 0.00758. The van der Waals surface area contributed by atoms with Gasteiger partial charge in [0.15, 0.2) is 0 Å². The minimum atomic E-state index is -0.341. The van der Waals surface area contributed by atoms with Crippen LogP contribution in [0.2, 0.25) is 0 Å². The monoisotopic (exact) mass is 423 g/mol. The van der Waals surface area contributed by atoms with Crippen molar-refractivity contribution in [2.45, 2.75) is 45.8 Å². The summed E-state index contributed by atoms with van der Waals surface area (Å²) < 4.78 is 1.48. The van der Waals surface area contributed by atoms with Crippen molar-refractivity contribution in [2.24, 2.45) is 0 Å². The fourth-order valence-corrected chi connectivity index (χ4v) is 4.82. The van der Waals surface area contributed by atoms with Gasteiger partial charge in [-0.2, -0.15) is 4.98 Å². The van der Waals surface area contributed by atoms with Crippen molar-refractivity contribution >= 4 is 5.91 Å². The Kier molecular flexibility index (Phi) is 6.83. The molecule has 2 aliphatic rings. The van der Waals surface area contributed by atoms with Crippen molar-refractivity contribution in [2.75, 3.05) is 39.3 Å². The van der Waals surface area contributed by atoms with Crippen LogP contribution < -0.4 is 5.69 Å². The molecule has 2 aliphatic heterocycles. The third-order valence-electron chi connectivity index (χ3n) is 6.63. The first kappa shape index (κ1) is 21.7. The fraction of sp³-hybridized carbons (Fsp3) is 0.542. The number of aromatic nitrogens is 2. The van der Waals surface area contributed by atoms with E-state index >= 15 is 0 Å². The van der Waals surface area contributed by atoms with Crippen molar-refractivity contribution < 1.29 is 4.79 Å². The maximum atomic E-state index is 12.8. The minimum Gasteiger partial charge on any atom is -0.339 e. The fourth-order valence-electron chi connectivity index (χ4n) is 4.82. The lowest BCUT2D eigenvalue weighted by atomic mass is 10.0. The van der Waals surface area contributed by atoms with E-state index in [0.717, 1.165) is 51.5 Å². The van der Waals surface area contributed by atoms with E-state index in [-0.39, 0.29) is 18.1 Å². The molecule has 0 unspecified atom stereocenters. The first-order valence-electron chi connectivity index (χ1n) is 11.3. The van der Waals surface area contributed by atoms with Crippen LogP contribution in [0, 0.1) is 13.8 Å². The zero-order valence-electron chi connectivity index (χ0n) is 18.7. The van der Waals surface area contributed by atoms with Crippen molar-refractivity contribution in [1.29, 1.82) is 0 Å². The first-order chi connectivity index (χ1) is 15.0. The lowest BCUT2D eigenvalue weighted by Crippen LogP contribution is -2.55. The predicted octanol–water partition coefficient (Wildman–Crippen LogP) is 1.67. The number of hydrogen-bond donors (Lipinski definition) is 0. The van der Waals surface area contributed by atoms with Crippen molar-refractivity contribution in [3.8, 4) is 0 Å². The maximum Gasteiger partial charge on any atom is 0.348 e. The molecule has 7 heteroatoms. The summed E-state index contributed by atoms with van der Waals surface area (Å²) in [5.74, 6) is 0.00758. The van der Waals surface area contributed by atoms with Crippen LogP contribution in [0.25, 0.3) is 0 Å². The summed E-state index contributed by atoms with van der Waals surface area (Å²) in [5.41, 5.74) is 2.51. The van der Waals surface area contributed by atoms with Gasteiger partial charge in [0, 0.05) is 50.2 Å². The molecule has 31 heavy (non-hydrogen) atoms. The Morgan fingerprint density at radius 3 is 2.32 bits per heavy atom. The molecule has 1 amide bonds. The number of aryl methyl sites for hydroxylation is 2. The normalized spacial score (nSPS) is 19.0. The highest BCUT2D eigenvalue weighted by molar-refractivity contribution is 5.76. The molecule has 4 rings (SSSR count). The number of benzene rings is 1. The second kappa shape index (κ2) is 9.75. The average molecular weight is 424 g/mol. The number of nitrogens with zero attached hydrogens (tertiary/aromatic N) is 5. The molecular formula is C24H33N5O2. The van der Waals surface area contributed by atoms with Crippen LogP contribution in [0.15, 0.2) is 41.2 Å². The topological polar surface area (TPSA) is 61.7 Å². The molecule has 0 N–H and O–H groups in total. The van der Waals surface area contributed by atoms with Gasteiger partial charge in [-0.1, -0.05) is 30.3 Å². The van der Waals surface area contributed by atoms with E-state index in [1.807, 2.05) is 17.9 Å². The quantitative estimate of drug-likeness (QED) is 0.732. The first-order valence-corrected chi connectivity index (χ1v) is 11.3. The van der Waals surface area contributed by atoms with E-state index in [9.17, 15) is 9.59 Å². The predicted molar refractivity (Wildman–Crippen MR) is 121 cm³/mol. The number of rotatable bonds is 5. The molecule has 0 radical (unpaired) electrons. The molecule has 3 heterocycles. The van der Waals surface area contributed by atoms with Crippen LogP contribution in [-0.2, 0) is 17.9 Å². The molecule has 0 saturated carbocycles. The van der Waals surface area contributed by atoms with E-state index in [1.54, 1.807) is 6.92 Å². The zero-order valence-corrected chi connectivity index (χ0v) is 18.7. The number of amides is 1. The van der Waals surface area contributed by atoms with Crippen molar-refractivity contribution in [3.63, 3.8) is 0 Å². The number of piperidine rings is 1. The zero-order chi connectivity index (χ0) is 21.8. The summed E-state index contributed by atoms with van der Waals surface area (Å²) in [6, 6.07) is 13.1. The summed E-state index contributed by atoms with van der Waals surface area (Å²) in [6.45, 7) is 10.3. The van der Waals surface area contributed by atoms with Gasteiger partial charge < -0.3 is 4.90 Å². The highest BCUT2D eigenvalue weighted by Gasteiger charge is 2.29. The Hall–Kier alpha value is -2.51. The Morgan fingerprint density at radius 1 is 1.00 bits per heavy atom. The smallest absolute Gasteiger partial charge is 0.339 e. The number of carbonyl (C=O) groups is 1. The van der Waals surface area contributed by atoms with E-state index in [1.165, 1.54) is 23.0 Å². The van der Waals surface area contributed by atoms with E-state index < -0.39 is 0 Å². The van der Waals surface area contributed by atoms with Gasteiger partial charge in [-0.25, -0.2) is 4.79 Å². The third kappa shape index (κ3) is 5.40. The summed E-state index contributed by atoms with van der Waals surface area (Å²) in [4.78, 5) is 35.9. The molecule has 7 nitrogen and oxygen atoms in total. The highest BCUT2D eigenvalue weighted by atomic mass is 16.2. The van der Waals surface area contributed by atoms with Crippen LogP contribution in [-0.4, -0.2) is 75.5 Å². The second-order valence-electron chi connectivity index (χ2n) is 8.82. The standard InChI is InChI=1S/C24H33N5O2/c1-19-16-20(2)29(24(31)25-19)18-23(30)28-14-12-27(13-15-28)22-8-10-26(11-9-22)17-21-6-4-3-5-7-21/h3-7,16,22H,8-15,17-18H2,1-2H3. The molecule has 0 atom stereocenters. The van der Waals surface area contributed by atoms with E-state index in [4.69, 9.17) is 0 Å². The number of hydrogen-bond acceptors (Lipinski definition) is 5. The van der Waals surface area contributed by atoms with E-state index in [2.05, 4.69) is 45.1 Å². The van der Waals surface area contributed by atoms with Gasteiger partial charge in [-0.05, 0) is 51.4 Å². The van der Waals surface area contributed by atoms with Gasteiger partial charge in [-0.3, -0.25) is 19.2 Å². The molecule has 2 saturated heterocycles. The van der Waals surface area contributed by atoms with Crippen LogP contribution >= 0.6 is 0 Å². The Balaban J connectivity index is 1.24. The lowest BCUT2D eigenvalue weighted by Gasteiger charge is -2.42. The van der Waals surface area contributed by atoms with Gasteiger partial charge in [0.1, 0.15) is 6.54 Å². The Labute approximate surface area is 184 Å². The molecule has 0 spiro atoms. The summed E-state index contributed by atoms with van der Waals surface area (Å²) >= 11 is 0. The summed E-state index contributed by atoms with van der Waals surface area (Å²) in [7, 11) is 0. The number of carbonyl (C=O) groups excluding carboxylic acids is 1. The van der Waals surface area contributed by atoms with Gasteiger partial charge in [0.2, 0.25) is 5.91 Å². The molecule has 2 fully saturated rings. The van der Waals surface area contributed by atoms with Gasteiger partial charge in [0.05, 0.1) is 0 Å². The van der Waals surface area contributed by atoms with Crippen LogP contribution in [0.5, 0.6) is 0 Å². The molecule has 166 valence electrons. The van der Waals surface area contributed by atoms with Crippen LogP contribution in [0.3, 0.4) is 0 Å². The van der Waals surface area contributed by atoms with Crippen LogP contribution in [0.1, 0.15) is 29.8 Å². The molecule has 1 aromatic carbocycles. The summed E-state index contributed by atoms with van der Waals surface area (Å²) in [5, 5.41) is 0. The Morgan fingerprint density at radius 2 is 1.68 bits per heavy atom. The maximum absolute atomic E-state index is 12.8. The van der Waals surface area contributed by atoms with E-state index in [0.29, 0.717) is 11.7 Å². The molecule has 2 aromatic rings. The van der Waals surface area contributed by atoms with Crippen LogP contribution in [0.4, 0.5) is 0 Å². The van der Waals surface area contributed by atoms with Gasteiger partial charge >= 0.3 is 5.69 Å². The molecule has 1 aromatic heterocycles. The number of likely N-dealkylation sites (tertiary alicyclic amines) is 1. The Bertz CT molecular complexity index is 942. The van der Waals surface area contributed by atoms with Gasteiger partial charge in [-0.15, -0.1) is 0 Å². The lowest BCUT2D eigenvalue weighted by molar-refractivity contribution is -0.134. The average Bonchev–Trinajstić information content (AvgIpc) is 2.77. The number of piperazine rings is 1. The molecule has 0 bridgehead atoms. The summed E-state index contributed by atoms with van der Waals surface area (Å²) in [6.07, 6.45) is 2.37. The van der Waals surface area contributed by atoms with Crippen molar-refractivity contribution in [3.05, 3.63) is 63.8 Å². The second-order valence-corrected chi connectivity index (χ2v) is 8.82. The SMILES string of the molecule is Cc1cc(C)n(CC(=O)N2CCN(C3CCN(Cc4ccccc4)CC3)CC2)c(=O)n1. The molecular weight excluding hydrogens is 390 g/mol. The highest BCUT2D eigenvalue weighted by Crippen LogP contribution is 2.20.